The van der Waals surface area contributed by atoms with Gasteiger partial charge >= 0.3 is 11.7 Å². The molecule has 1 heterocycles. The van der Waals surface area contributed by atoms with Crippen LogP contribution in [0.25, 0.3) is 0 Å². The SMILES string of the molecule is Cn1c(=O)c(C(=O)O)cn(CCN)c1=O. The van der Waals surface area contributed by atoms with Gasteiger partial charge in [0.1, 0.15) is 5.56 Å². The molecule has 7 nitrogen and oxygen atoms in total. The fraction of sp³-hybridized carbons (Fsp3) is 0.375. The largest absolute Gasteiger partial charge is 0.477 e. The molecule has 7 heteroatoms. The highest BCUT2D eigenvalue weighted by atomic mass is 16.4. The fourth-order valence-electron chi connectivity index (χ4n) is 1.17. The zero-order valence-electron chi connectivity index (χ0n) is 8.14. The van der Waals surface area contributed by atoms with Gasteiger partial charge in [-0.2, -0.15) is 0 Å². The summed E-state index contributed by atoms with van der Waals surface area (Å²) < 4.78 is 1.85. The van der Waals surface area contributed by atoms with E-state index < -0.39 is 22.8 Å². The molecule has 0 radical (unpaired) electrons. The molecule has 0 aromatic carbocycles. The second-order valence-electron chi connectivity index (χ2n) is 2.98. The minimum atomic E-state index is -1.36. The zero-order valence-corrected chi connectivity index (χ0v) is 8.14. The topological polar surface area (TPSA) is 107 Å². The molecule has 0 aliphatic carbocycles. The average molecular weight is 213 g/mol. The second-order valence-corrected chi connectivity index (χ2v) is 2.98. The lowest BCUT2D eigenvalue weighted by atomic mass is 10.3. The summed E-state index contributed by atoms with van der Waals surface area (Å²) in [4.78, 5) is 33.4. The van der Waals surface area contributed by atoms with Gasteiger partial charge in [0, 0.05) is 26.3 Å². The van der Waals surface area contributed by atoms with Gasteiger partial charge in [0.15, 0.2) is 0 Å². The molecule has 15 heavy (non-hydrogen) atoms. The summed E-state index contributed by atoms with van der Waals surface area (Å²) in [6.45, 7) is 0.365. The van der Waals surface area contributed by atoms with Crippen LogP contribution in [-0.2, 0) is 13.6 Å². The van der Waals surface area contributed by atoms with E-state index in [0.29, 0.717) is 0 Å². The van der Waals surface area contributed by atoms with Gasteiger partial charge < -0.3 is 10.8 Å². The van der Waals surface area contributed by atoms with Crippen LogP contribution in [0.2, 0.25) is 0 Å². The first-order chi connectivity index (χ1) is 6.99. The summed E-state index contributed by atoms with van der Waals surface area (Å²) in [5.74, 6) is -1.36. The molecule has 3 N–H and O–H groups in total. The van der Waals surface area contributed by atoms with E-state index in [1.54, 1.807) is 0 Å². The van der Waals surface area contributed by atoms with Crippen LogP contribution in [0.4, 0.5) is 0 Å². The molecule has 1 aromatic heterocycles. The van der Waals surface area contributed by atoms with Crippen molar-refractivity contribution in [2.45, 2.75) is 6.54 Å². The van der Waals surface area contributed by atoms with Crippen molar-refractivity contribution in [2.24, 2.45) is 12.8 Å². The Morgan fingerprint density at radius 2 is 2.13 bits per heavy atom. The van der Waals surface area contributed by atoms with Crippen molar-refractivity contribution in [1.29, 1.82) is 0 Å². The maximum atomic E-state index is 11.4. The Morgan fingerprint density at radius 3 is 2.60 bits per heavy atom. The molecule has 0 amide bonds. The highest BCUT2D eigenvalue weighted by Crippen LogP contribution is 1.88. The molecular weight excluding hydrogens is 202 g/mol. The smallest absolute Gasteiger partial charge is 0.342 e. The van der Waals surface area contributed by atoms with Crippen molar-refractivity contribution < 1.29 is 9.90 Å². The van der Waals surface area contributed by atoms with E-state index in [9.17, 15) is 14.4 Å². The number of hydrogen-bond acceptors (Lipinski definition) is 4. The van der Waals surface area contributed by atoms with E-state index in [1.807, 2.05) is 0 Å². The van der Waals surface area contributed by atoms with E-state index in [4.69, 9.17) is 10.8 Å². The highest BCUT2D eigenvalue weighted by molar-refractivity contribution is 5.86. The molecule has 0 saturated carbocycles. The Kier molecular flexibility index (Phi) is 3.05. The van der Waals surface area contributed by atoms with Gasteiger partial charge in [0.05, 0.1) is 0 Å². The second kappa shape index (κ2) is 4.09. The van der Waals surface area contributed by atoms with Crippen molar-refractivity contribution in [1.82, 2.24) is 9.13 Å². The van der Waals surface area contributed by atoms with Gasteiger partial charge in [0.25, 0.3) is 5.56 Å². The van der Waals surface area contributed by atoms with Crippen LogP contribution in [-0.4, -0.2) is 26.8 Å². The molecule has 0 aliphatic rings. The Morgan fingerprint density at radius 1 is 1.53 bits per heavy atom. The first-order valence-corrected chi connectivity index (χ1v) is 4.23. The molecule has 1 aromatic rings. The van der Waals surface area contributed by atoms with Crippen molar-refractivity contribution in [3.8, 4) is 0 Å². The number of nitrogens with two attached hydrogens (primary N) is 1. The monoisotopic (exact) mass is 213 g/mol. The maximum Gasteiger partial charge on any atom is 0.342 e. The lowest BCUT2D eigenvalue weighted by Gasteiger charge is -2.06. The number of hydrogen-bond donors (Lipinski definition) is 2. The predicted molar refractivity (Wildman–Crippen MR) is 52.0 cm³/mol. The van der Waals surface area contributed by atoms with Crippen LogP contribution < -0.4 is 17.0 Å². The first kappa shape index (κ1) is 11.2. The first-order valence-electron chi connectivity index (χ1n) is 4.23. The normalized spacial score (nSPS) is 10.3. The maximum absolute atomic E-state index is 11.4. The summed E-state index contributed by atoms with van der Waals surface area (Å²) in [6, 6.07) is 0. The number of carboxylic acids is 1. The summed E-state index contributed by atoms with van der Waals surface area (Å²) in [5, 5.41) is 8.71. The minimum Gasteiger partial charge on any atom is -0.477 e. The van der Waals surface area contributed by atoms with E-state index in [0.717, 1.165) is 15.3 Å². The molecular formula is C8H11N3O4. The standard InChI is InChI=1S/C8H11N3O4/c1-10-6(12)5(7(13)14)4-11(3-2-9)8(10)15/h4H,2-3,9H2,1H3,(H,13,14). The van der Waals surface area contributed by atoms with Crippen LogP contribution in [0.3, 0.4) is 0 Å². The number of aromatic nitrogens is 2. The summed E-state index contributed by atoms with van der Waals surface area (Å²) >= 11 is 0. The van der Waals surface area contributed by atoms with Crippen LogP contribution in [0.15, 0.2) is 15.8 Å². The van der Waals surface area contributed by atoms with Gasteiger partial charge in [-0.05, 0) is 0 Å². The summed E-state index contributed by atoms with van der Waals surface area (Å²) in [6.07, 6.45) is 1.01. The van der Waals surface area contributed by atoms with Gasteiger partial charge in [-0.25, -0.2) is 9.59 Å². The van der Waals surface area contributed by atoms with Crippen LogP contribution >= 0.6 is 0 Å². The van der Waals surface area contributed by atoms with Crippen LogP contribution in [0.5, 0.6) is 0 Å². The van der Waals surface area contributed by atoms with Gasteiger partial charge in [0.2, 0.25) is 0 Å². The minimum absolute atomic E-state index is 0.174. The Hall–Kier alpha value is -1.89. The molecule has 0 bridgehead atoms. The van der Waals surface area contributed by atoms with E-state index in [1.165, 1.54) is 7.05 Å². The number of carboxylic acid groups (broad SMARTS) is 1. The fourth-order valence-corrected chi connectivity index (χ4v) is 1.17. The van der Waals surface area contributed by atoms with Crippen molar-refractivity contribution in [3.05, 3.63) is 32.6 Å². The molecule has 0 fully saturated rings. The number of carbonyl (C=O) groups is 1. The molecule has 0 aliphatic heterocycles. The lowest BCUT2D eigenvalue weighted by Crippen LogP contribution is -2.41. The van der Waals surface area contributed by atoms with Gasteiger partial charge in [-0.3, -0.25) is 13.9 Å². The Balaban J connectivity index is 3.53. The number of rotatable bonds is 3. The van der Waals surface area contributed by atoms with Crippen molar-refractivity contribution in [2.75, 3.05) is 6.54 Å². The number of nitrogens with zero attached hydrogens (tertiary/aromatic N) is 2. The van der Waals surface area contributed by atoms with Gasteiger partial charge in [-0.1, -0.05) is 0 Å². The van der Waals surface area contributed by atoms with Crippen LogP contribution in [0, 0.1) is 0 Å². The van der Waals surface area contributed by atoms with Gasteiger partial charge in [-0.15, -0.1) is 0 Å². The Bertz CT molecular complexity index is 500. The average Bonchev–Trinajstić information content (AvgIpc) is 2.18. The van der Waals surface area contributed by atoms with E-state index in [2.05, 4.69) is 0 Å². The molecule has 0 unspecified atom stereocenters. The zero-order chi connectivity index (χ0) is 11.6. The van der Waals surface area contributed by atoms with Crippen molar-refractivity contribution in [3.63, 3.8) is 0 Å². The third kappa shape index (κ3) is 1.96. The molecule has 0 atom stereocenters. The Labute approximate surface area is 84.4 Å². The highest BCUT2D eigenvalue weighted by Gasteiger charge is 2.13. The third-order valence-electron chi connectivity index (χ3n) is 1.95. The molecule has 82 valence electrons. The third-order valence-corrected chi connectivity index (χ3v) is 1.95. The predicted octanol–water partition coefficient (Wildman–Crippen LogP) is -1.80. The molecule has 0 spiro atoms. The molecule has 0 saturated heterocycles. The summed E-state index contributed by atoms with van der Waals surface area (Å²) in [7, 11) is 1.23. The number of aromatic carboxylic acids is 1. The molecule has 1 rings (SSSR count). The van der Waals surface area contributed by atoms with Crippen LogP contribution in [0.1, 0.15) is 10.4 Å². The lowest BCUT2D eigenvalue weighted by molar-refractivity contribution is 0.0693. The summed E-state index contributed by atoms with van der Waals surface area (Å²) in [5.41, 5.74) is 3.42. The van der Waals surface area contributed by atoms with Crippen molar-refractivity contribution >= 4 is 5.97 Å². The van der Waals surface area contributed by atoms with E-state index in [-0.39, 0.29) is 13.1 Å². The van der Waals surface area contributed by atoms with E-state index >= 15 is 0 Å². The quantitative estimate of drug-likeness (QED) is 0.616.